The van der Waals surface area contributed by atoms with Crippen LogP contribution in [0, 0.1) is 0 Å². The lowest BCUT2D eigenvalue weighted by Gasteiger charge is -2.19. The Balaban J connectivity index is 4.18. The molecule has 0 amide bonds. The van der Waals surface area contributed by atoms with E-state index < -0.39 is 26.5 Å². The highest BCUT2D eigenvalue weighted by molar-refractivity contribution is 7.47. The van der Waals surface area contributed by atoms with Crippen LogP contribution in [0.1, 0.15) is 194 Å². The predicted molar refractivity (Wildman–Crippen MR) is 211 cm³/mol. The molecule has 0 aliphatic carbocycles. The van der Waals surface area contributed by atoms with Crippen LogP contribution in [0.15, 0.2) is 24.3 Å². The average molecular weight is 744 g/mol. The Bertz CT molecular complexity index is 897. The van der Waals surface area contributed by atoms with E-state index in [0.717, 1.165) is 57.8 Å². The van der Waals surface area contributed by atoms with E-state index >= 15 is 0 Å². The number of unbranched alkanes of at least 4 members (excludes halogenated alkanes) is 22. The van der Waals surface area contributed by atoms with Gasteiger partial charge in [0.2, 0.25) is 0 Å². The first kappa shape index (κ1) is 49.5. The summed E-state index contributed by atoms with van der Waals surface area (Å²) in [6.07, 6.45) is 39.1. The van der Waals surface area contributed by atoms with Crippen molar-refractivity contribution in [1.82, 2.24) is 0 Å². The molecule has 10 heteroatoms. The summed E-state index contributed by atoms with van der Waals surface area (Å²) in [4.78, 5) is 34.8. The minimum absolute atomic E-state index is 0.0524. The summed E-state index contributed by atoms with van der Waals surface area (Å²) in [6, 6.07) is 0. The fourth-order valence-electron chi connectivity index (χ4n) is 5.72. The third kappa shape index (κ3) is 38.0. The van der Waals surface area contributed by atoms with Crippen molar-refractivity contribution < 1.29 is 37.6 Å². The number of hydrogen-bond acceptors (Lipinski definition) is 8. The molecular formula is C41H78NO8P. The molecule has 0 saturated heterocycles. The van der Waals surface area contributed by atoms with Crippen LogP contribution in [0.25, 0.3) is 0 Å². The number of hydrogen-bond donors (Lipinski definition) is 2. The average Bonchev–Trinajstić information content (AvgIpc) is 3.11. The number of phosphoric acid groups is 1. The highest BCUT2D eigenvalue weighted by Crippen LogP contribution is 2.43. The van der Waals surface area contributed by atoms with Crippen molar-refractivity contribution in [2.45, 2.75) is 200 Å². The molecule has 2 atom stereocenters. The number of rotatable bonds is 39. The molecule has 0 radical (unpaired) electrons. The van der Waals surface area contributed by atoms with E-state index in [9.17, 15) is 19.0 Å². The van der Waals surface area contributed by atoms with Crippen LogP contribution in [0.2, 0.25) is 0 Å². The molecule has 2 unspecified atom stereocenters. The molecule has 0 aromatic heterocycles. The smallest absolute Gasteiger partial charge is 0.462 e. The normalized spacial score (nSPS) is 13.6. The molecule has 9 nitrogen and oxygen atoms in total. The molecule has 0 aliphatic heterocycles. The summed E-state index contributed by atoms with van der Waals surface area (Å²) in [5.74, 6) is -0.839. The van der Waals surface area contributed by atoms with E-state index in [2.05, 4.69) is 38.2 Å². The summed E-state index contributed by atoms with van der Waals surface area (Å²) in [5.41, 5.74) is 5.34. The number of esters is 2. The van der Waals surface area contributed by atoms with Crippen LogP contribution in [0.3, 0.4) is 0 Å². The van der Waals surface area contributed by atoms with Gasteiger partial charge < -0.3 is 20.1 Å². The van der Waals surface area contributed by atoms with Crippen LogP contribution in [-0.2, 0) is 32.7 Å². The molecule has 0 heterocycles. The van der Waals surface area contributed by atoms with Crippen LogP contribution in [0.4, 0.5) is 0 Å². The number of phosphoric ester groups is 1. The molecule has 51 heavy (non-hydrogen) atoms. The number of nitrogens with two attached hydrogens (primary N) is 1. The van der Waals surface area contributed by atoms with Crippen molar-refractivity contribution in [2.24, 2.45) is 5.73 Å². The standard InChI is InChI=1S/C41H78NO8P/c1-3-5-7-9-11-13-15-17-19-21-23-25-27-29-31-33-40(43)47-37-39(38-49-51(45,46)48-36-35-42)50-41(44)34-32-30-28-26-24-22-20-18-16-14-12-10-8-6-4-2/h12,14,18,20,39H,3-11,13,15-17,19,21-38,42H2,1-2H3,(H,45,46)/b14-12-,20-18-. The van der Waals surface area contributed by atoms with E-state index in [1.165, 1.54) is 103 Å². The van der Waals surface area contributed by atoms with Crippen LogP contribution in [-0.4, -0.2) is 49.3 Å². The molecule has 0 bridgehead atoms. The van der Waals surface area contributed by atoms with Gasteiger partial charge in [0.15, 0.2) is 6.10 Å². The SMILES string of the molecule is CCCCC/C=C\C/C=C\CCCCCCCC(=O)OC(COC(=O)CCCCCCCCCCCCCCCCC)COP(=O)(O)OCCN. The number of carbonyl (C=O) groups excluding carboxylic acids is 2. The Morgan fingerprint density at radius 1 is 0.588 bits per heavy atom. The third-order valence-corrected chi connectivity index (χ3v) is 9.82. The Morgan fingerprint density at radius 3 is 1.53 bits per heavy atom. The molecule has 0 fully saturated rings. The van der Waals surface area contributed by atoms with Crippen molar-refractivity contribution in [3.63, 3.8) is 0 Å². The first-order valence-electron chi connectivity index (χ1n) is 20.8. The maximum absolute atomic E-state index is 12.5. The van der Waals surface area contributed by atoms with Crippen molar-refractivity contribution in [3.8, 4) is 0 Å². The van der Waals surface area contributed by atoms with Gasteiger partial charge in [-0.2, -0.15) is 0 Å². The summed E-state index contributed by atoms with van der Waals surface area (Å²) in [5, 5.41) is 0. The van der Waals surface area contributed by atoms with E-state index in [0.29, 0.717) is 6.42 Å². The van der Waals surface area contributed by atoms with Crippen molar-refractivity contribution in [3.05, 3.63) is 24.3 Å². The largest absolute Gasteiger partial charge is 0.472 e. The first-order chi connectivity index (χ1) is 24.8. The van der Waals surface area contributed by atoms with E-state index in [4.69, 9.17) is 24.3 Å². The topological polar surface area (TPSA) is 134 Å². The minimum Gasteiger partial charge on any atom is -0.462 e. The molecule has 0 aliphatic rings. The molecule has 0 saturated carbocycles. The molecule has 0 spiro atoms. The maximum Gasteiger partial charge on any atom is 0.472 e. The van der Waals surface area contributed by atoms with Gasteiger partial charge in [-0.3, -0.25) is 18.6 Å². The van der Waals surface area contributed by atoms with Gasteiger partial charge in [-0.15, -0.1) is 0 Å². The number of carbonyl (C=O) groups is 2. The summed E-state index contributed by atoms with van der Waals surface area (Å²) in [6.45, 7) is 3.70. The van der Waals surface area contributed by atoms with Gasteiger partial charge in [-0.25, -0.2) is 4.57 Å². The predicted octanol–water partition coefficient (Wildman–Crippen LogP) is 11.6. The Kier molecular flexibility index (Phi) is 37.1. The van der Waals surface area contributed by atoms with Gasteiger partial charge in [-0.1, -0.05) is 160 Å². The fourth-order valence-corrected chi connectivity index (χ4v) is 6.49. The second kappa shape index (κ2) is 38.2. The maximum atomic E-state index is 12.5. The summed E-state index contributed by atoms with van der Waals surface area (Å²) in [7, 11) is -4.37. The quantitative estimate of drug-likeness (QED) is 0.0273. The van der Waals surface area contributed by atoms with Gasteiger partial charge in [0.25, 0.3) is 0 Å². The number of ether oxygens (including phenoxy) is 2. The first-order valence-corrected chi connectivity index (χ1v) is 22.3. The van der Waals surface area contributed by atoms with Crippen LogP contribution in [0.5, 0.6) is 0 Å². The molecule has 300 valence electrons. The van der Waals surface area contributed by atoms with Gasteiger partial charge in [0.05, 0.1) is 13.2 Å². The highest BCUT2D eigenvalue weighted by Gasteiger charge is 2.26. The lowest BCUT2D eigenvalue weighted by atomic mass is 10.0. The van der Waals surface area contributed by atoms with Crippen molar-refractivity contribution in [2.75, 3.05) is 26.4 Å². The molecule has 0 aromatic carbocycles. The Hall–Kier alpha value is -1.51. The van der Waals surface area contributed by atoms with Gasteiger partial charge in [-0.05, 0) is 44.9 Å². The fraction of sp³-hybridized carbons (Fsp3) is 0.854. The van der Waals surface area contributed by atoms with Gasteiger partial charge in [0, 0.05) is 19.4 Å². The Labute approximate surface area is 312 Å². The third-order valence-electron chi connectivity index (χ3n) is 8.84. The highest BCUT2D eigenvalue weighted by atomic mass is 31.2. The van der Waals surface area contributed by atoms with E-state index in [1.54, 1.807) is 0 Å². The Morgan fingerprint density at radius 2 is 1.02 bits per heavy atom. The van der Waals surface area contributed by atoms with E-state index in [-0.39, 0.29) is 38.6 Å². The zero-order valence-corrected chi connectivity index (χ0v) is 33.7. The van der Waals surface area contributed by atoms with Gasteiger partial charge in [0.1, 0.15) is 6.61 Å². The summed E-state index contributed by atoms with van der Waals surface area (Å²) >= 11 is 0. The van der Waals surface area contributed by atoms with Crippen molar-refractivity contribution >= 4 is 19.8 Å². The minimum atomic E-state index is -4.37. The zero-order valence-electron chi connectivity index (χ0n) is 32.8. The van der Waals surface area contributed by atoms with Crippen LogP contribution < -0.4 is 5.73 Å². The summed E-state index contributed by atoms with van der Waals surface area (Å²) < 4.78 is 32.7. The molecule has 0 aromatic rings. The second-order valence-electron chi connectivity index (χ2n) is 13.9. The van der Waals surface area contributed by atoms with Gasteiger partial charge >= 0.3 is 19.8 Å². The molecular weight excluding hydrogens is 665 g/mol. The zero-order chi connectivity index (χ0) is 37.5. The monoisotopic (exact) mass is 744 g/mol. The van der Waals surface area contributed by atoms with Crippen molar-refractivity contribution in [1.29, 1.82) is 0 Å². The second-order valence-corrected chi connectivity index (χ2v) is 15.3. The lowest BCUT2D eigenvalue weighted by molar-refractivity contribution is -0.161. The van der Waals surface area contributed by atoms with E-state index in [1.807, 2.05) is 0 Å². The molecule has 0 rings (SSSR count). The number of allylic oxidation sites excluding steroid dienone is 4. The molecule has 3 N–H and O–H groups in total. The lowest BCUT2D eigenvalue weighted by Crippen LogP contribution is -2.29. The van der Waals surface area contributed by atoms with Crippen LogP contribution >= 0.6 is 7.82 Å².